The van der Waals surface area contributed by atoms with Crippen LogP contribution in [0.15, 0.2) is 0 Å². The number of nitrogens with zero attached hydrogens (tertiary/aromatic N) is 1. The normalized spacial score (nSPS) is 16.8. The number of aryl methyl sites for hydroxylation is 1. The lowest BCUT2D eigenvalue weighted by molar-refractivity contribution is 0.0947. The van der Waals surface area contributed by atoms with Gasteiger partial charge in [-0.1, -0.05) is 33.1 Å². The van der Waals surface area contributed by atoms with E-state index in [9.17, 15) is 4.79 Å². The Bertz CT molecular complexity index is 433. The average molecular weight is 280 g/mol. The van der Waals surface area contributed by atoms with Crippen molar-refractivity contribution in [3.05, 3.63) is 15.6 Å². The first-order chi connectivity index (χ1) is 9.08. The van der Waals surface area contributed by atoms with Gasteiger partial charge in [0, 0.05) is 12.5 Å². The van der Waals surface area contributed by atoms with Crippen molar-refractivity contribution in [2.75, 3.05) is 6.54 Å². The van der Waals surface area contributed by atoms with E-state index >= 15 is 0 Å². The van der Waals surface area contributed by atoms with Crippen LogP contribution in [0.4, 0.5) is 0 Å². The molecule has 1 aromatic rings. The molecular weight excluding hydrogens is 256 g/mol. The maximum atomic E-state index is 12.2. The molecule has 1 amide bonds. The smallest absolute Gasteiger partial charge is 0.263 e. The summed E-state index contributed by atoms with van der Waals surface area (Å²) >= 11 is 1.54. The maximum absolute atomic E-state index is 12.2. The number of carbonyl (C=O) groups excluding carboxylic acids is 1. The summed E-state index contributed by atoms with van der Waals surface area (Å²) in [5.74, 6) is 1.13. The van der Waals surface area contributed by atoms with Crippen molar-refractivity contribution in [2.24, 2.45) is 5.92 Å². The highest BCUT2D eigenvalue weighted by Crippen LogP contribution is 2.25. The van der Waals surface area contributed by atoms with Crippen LogP contribution in [0.2, 0.25) is 0 Å². The van der Waals surface area contributed by atoms with Crippen LogP contribution in [0.1, 0.15) is 72.2 Å². The molecule has 0 bridgehead atoms. The fraction of sp³-hybridized carbons (Fsp3) is 0.733. The maximum Gasteiger partial charge on any atom is 0.263 e. The molecule has 1 aliphatic carbocycles. The van der Waals surface area contributed by atoms with Crippen LogP contribution in [-0.2, 0) is 0 Å². The number of rotatable bonds is 4. The van der Waals surface area contributed by atoms with Crippen LogP contribution in [-0.4, -0.2) is 17.4 Å². The van der Waals surface area contributed by atoms with Gasteiger partial charge in [-0.3, -0.25) is 4.79 Å². The first kappa shape index (κ1) is 14.5. The van der Waals surface area contributed by atoms with E-state index in [2.05, 4.69) is 24.1 Å². The van der Waals surface area contributed by atoms with Crippen molar-refractivity contribution < 1.29 is 4.79 Å². The Kier molecular flexibility index (Phi) is 4.97. The Morgan fingerprint density at radius 2 is 2.05 bits per heavy atom. The first-order valence-corrected chi connectivity index (χ1v) is 8.15. The molecule has 0 unspecified atom stereocenters. The largest absolute Gasteiger partial charge is 0.351 e. The molecule has 0 spiro atoms. The Morgan fingerprint density at radius 3 is 2.63 bits per heavy atom. The van der Waals surface area contributed by atoms with E-state index in [1.807, 2.05) is 6.92 Å². The Balaban J connectivity index is 1.92. The van der Waals surface area contributed by atoms with E-state index < -0.39 is 0 Å². The SMILES string of the molecule is Cc1nc(C(C)C)sc1C(=O)NCC1CCCCC1. The minimum atomic E-state index is 0.0625. The second-order valence-corrected chi connectivity index (χ2v) is 6.87. The molecule has 0 aliphatic heterocycles. The Morgan fingerprint density at radius 1 is 1.37 bits per heavy atom. The van der Waals surface area contributed by atoms with Gasteiger partial charge < -0.3 is 5.32 Å². The van der Waals surface area contributed by atoms with Crippen LogP contribution in [0, 0.1) is 12.8 Å². The molecular formula is C15H24N2OS. The highest BCUT2D eigenvalue weighted by Gasteiger charge is 2.19. The summed E-state index contributed by atoms with van der Waals surface area (Å²) in [6.45, 7) is 6.98. The van der Waals surface area contributed by atoms with E-state index in [0.717, 1.165) is 22.1 Å². The zero-order valence-electron chi connectivity index (χ0n) is 12.2. The third-order valence-corrected chi connectivity index (χ3v) is 5.25. The summed E-state index contributed by atoms with van der Waals surface area (Å²) in [4.78, 5) is 17.5. The number of aromatic nitrogens is 1. The lowest BCUT2D eigenvalue weighted by Crippen LogP contribution is -2.30. The fourth-order valence-electron chi connectivity index (χ4n) is 2.58. The number of hydrogen-bond donors (Lipinski definition) is 1. The number of nitrogens with one attached hydrogen (secondary N) is 1. The van der Waals surface area contributed by atoms with Gasteiger partial charge in [-0.15, -0.1) is 11.3 Å². The van der Waals surface area contributed by atoms with Crippen LogP contribution in [0.5, 0.6) is 0 Å². The van der Waals surface area contributed by atoms with Gasteiger partial charge in [0.25, 0.3) is 5.91 Å². The van der Waals surface area contributed by atoms with Crippen molar-refractivity contribution in [3.8, 4) is 0 Å². The topological polar surface area (TPSA) is 42.0 Å². The molecule has 0 aromatic carbocycles. The van der Waals surface area contributed by atoms with E-state index in [1.54, 1.807) is 0 Å². The van der Waals surface area contributed by atoms with Crippen LogP contribution >= 0.6 is 11.3 Å². The highest BCUT2D eigenvalue weighted by atomic mass is 32.1. The summed E-state index contributed by atoms with van der Waals surface area (Å²) in [5.41, 5.74) is 0.870. The van der Waals surface area contributed by atoms with Crippen molar-refractivity contribution in [2.45, 2.75) is 58.8 Å². The van der Waals surface area contributed by atoms with Gasteiger partial charge in [-0.2, -0.15) is 0 Å². The standard InChI is InChI=1S/C15H24N2OS/c1-10(2)15-17-11(3)13(19-15)14(18)16-9-12-7-5-4-6-8-12/h10,12H,4-9H2,1-3H3,(H,16,18). The van der Waals surface area contributed by atoms with Gasteiger partial charge in [-0.05, 0) is 25.7 Å². The lowest BCUT2D eigenvalue weighted by Gasteiger charge is -2.21. The van der Waals surface area contributed by atoms with Gasteiger partial charge in [0.15, 0.2) is 0 Å². The van der Waals surface area contributed by atoms with Gasteiger partial charge in [0.1, 0.15) is 4.88 Å². The van der Waals surface area contributed by atoms with Crippen molar-refractivity contribution in [1.29, 1.82) is 0 Å². The second-order valence-electron chi connectivity index (χ2n) is 5.84. The average Bonchev–Trinajstić information content (AvgIpc) is 2.80. The van der Waals surface area contributed by atoms with E-state index in [-0.39, 0.29) is 5.91 Å². The Labute approximate surface area is 119 Å². The molecule has 1 aliphatic rings. The summed E-state index contributed by atoms with van der Waals surface area (Å²) in [6, 6.07) is 0. The molecule has 3 nitrogen and oxygen atoms in total. The monoisotopic (exact) mass is 280 g/mol. The summed E-state index contributed by atoms with van der Waals surface area (Å²) in [6.07, 6.45) is 6.52. The molecule has 1 aromatic heterocycles. The predicted molar refractivity (Wildman–Crippen MR) is 79.8 cm³/mol. The van der Waals surface area contributed by atoms with Crippen LogP contribution < -0.4 is 5.32 Å². The first-order valence-electron chi connectivity index (χ1n) is 7.33. The molecule has 0 radical (unpaired) electrons. The third-order valence-electron chi connectivity index (χ3n) is 3.79. The summed E-state index contributed by atoms with van der Waals surface area (Å²) in [5, 5.41) is 4.15. The molecule has 1 saturated carbocycles. The van der Waals surface area contributed by atoms with E-state index in [4.69, 9.17) is 0 Å². The van der Waals surface area contributed by atoms with Crippen molar-refractivity contribution >= 4 is 17.2 Å². The summed E-state index contributed by atoms with van der Waals surface area (Å²) in [7, 11) is 0. The van der Waals surface area contributed by atoms with Gasteiger partial charge in [0.05, 0.1) is 10.7 Å². The number of thiazole rings is 1. The Hall–Kier alpha value is -0.900. The van der Waals surface area contributed by atoms with Crippen molar-refractivity contribution in [3.63, 3.8) is 0 Å². The zero-order chi connectivity index (χ0) is 13.8. The summed E-state index contributed by atoms with van der Waals surface area (Å²) < 4.78 is 0. The van der Waals surface area contributed by atoms with E-state index in [1.165, 1.54) is 43.4 Å². The molecule has 1 N–H and O–H groups in total. The number of amides is 1. The minimum absolute atomic E-state index is 0.0625. The molecule has 1 heterocycles. The van der Waals surface area contributed by atoms with Gasteiger partial charge in [-0.25, -0.2) is 4.98 Å². The molecule has 0 saturated heterocycles. The molecule has 19 heavy (non-hydrogen) atoms. The zero-order valence-corrected chi connectivity index (χ0v) is 13.0. The predicted octanol–water partition coefficient (Wildman–Crippen LogP) is 3.89. The van der Waals surface area contributed by atoms with Gasteiger partial charge in [0.2, 0.25) is 0 Å². The third kappa shape index (κ3) is 3.78. The minimum Gasteiger partial charge on any atom is -0.351 e. The quantitative estimate of drug-likeness (QED) is 0.909. The second kappa shape index (κ2) is 6.51. The highest BCUT2D eigenvalue weighted by molar-refractivity contribution is 7.13. The molecule has 1 fully saturated rings. The van der Waals surface area contributed by atoms with Gasteiger partial charge >= 0.3 is 0 Å². The van der Waals surface area contributed by atoms with Crippen molar-refractivity contribution in [1.82, 2.24) is 10.3 Å². The van der Waals surface area contributed by atoms with E-state index in [0.29, 0.717) is 11.8 Å². The molecule has 0 atom stereocenters. The van der Waals surface area contributed by atoms with Crippen LogP contribution in [0.3, 0.4) is 0 Å². The molecule has 4 heteroatoms. The fourth-order valence-corrected chi connectivity index (χ4v) is 3.57. The lowest BCUT2D eigenvalue weighted by atomic mass is 9.89. The number of hydrogen-bond acceptors (Lipinski definition) is 3. The number of carbonyl (C=O) groups is 1. The molecule has 2 rings (SSSR count). The van der Waals surface area contributed by atoms with Crippen LogP contribution in [0.25, 0.3) is 0 Å². The molecule has 106 valence electrons.